The van der Waals surface area contributed by atoms with Crippen LogP contribution < -0.4 is 15.0 Å². The zero-order valence-corrected chi connectivity index (χ0v) is 15.0. The molecule has 0 bridgehead atoms. The van der Waals surface area contributed by atoms with Crippen LogP contribution in [0.4, 0.5) is 11.4 Å². The highest BCUT2D eigenvalue weighted by molar-refractivity contribution is 8.00. The van der Waals surface area contributed by atoms with Crippen LogP contribution in [0.15, 0.2) is 53.4 Å². The van der Waals surface area contributed by atoms with Crippen LogP contribution >= 0.6 is 11.8 Å². The summed E-state index contributed by atoms with van der Waals surface area (Å²) < 4.78 is 5.14. The van der Waals surface area contributed by atoms with Gasteiger partial charge in [-0.2, -0.15) is 0 Å². The lowest BCUT2D eigenvalue weighted by molar-refractivity contribution is -0.117. The maximum absolute atomic E-state index is 12.9. The lowest BCUT2D eigenvalue weighted by Crippen LogP contribution is -2.40. The Morgan fingerprint density at radius 3 is 2.68 bits per heavy atom. The number of para-hydroxylation sites is 2. The highest BCUT2D eigenvalue weighted by atomic mass is 32.2. The second kappa shape index (κ2) is 7.61. The van der Waals surface area contributed by atoms with Gasteiger partial charge in [0.25, 0.3) is 0 Å². The molecule has 1 N–H and O–H groups in total. The summed E-state index contributed by atoms with van der Waals surface area (Å²) in [7, 11) is 1.62. The van der Waals surface area contributed by atoms with Gasteiger partial charge >= 0.3 is 0 Å². The Bertz CT molecular complexity index is 776. The van der Waals surface area contributed by atoms with Crippen LogP contribution in [0, 0.1) is 0 Å². The van der Waals surface area contributed by atoms with Crippen molar-refractivity contribution in [1.82, 2.24) is 0 Å². The first kappa shape index (κ1) is 17.4. The average Bonchev–Trinajstić information content (AvgIpc) is 2.74. The Kier molecular flexibility index (Phi) is 5.28. The summed E-state index contributed by atoms with van der Waals surface area (Å²) in [5.41, 5.74) is 1.43. The van der Waals surface area contributed by atoms with Gasteiger partial charge in [-0.05, 0) is 43.3 Å². The number of carbonyl (C=O) groups is 2. The molecule has 0 radical (unpaired) electrons. The minimum absolute atomic E-state index is 0.0164. The number of hydrogen-bond donors (Lipinski definition) is 1. The minimum Gasteiger partial charge on any atom is -0.497 e. The molecule has 0 spiro atoms. The maximum Gasteiger partial charge on any atom is 0.237 e. The molecule has 2 amide bonds. The van der Waals surface area contributed by atoms with Gasteiger partial charge in [-0.15, -0.1) is 11.8 Å². The number of carbonyl (C=O) groups excluding carboxylic acids is 2. The molecule has 0 saturated carbocycles. The molecule has 2 aromatic carbocycles. The fourth-order valence-electron chi connectivity index (χ4n) is 2.85. The standard InChI is InChI=1S/C19H20N2O3S/c1-13-11-18(22)20-16-5-3-4-6-17(16)21(13)19(23)12-25-15-9-7-14(24-2)8-10-15/h3-10,13H,11-12H2,1-2H3,(H,20,22)/t13-/m0/s1. The third-order valence-electron chi connectivity index (χ3n) is 4.05. The first-order valence-electron chi connectivity index (χ1n) is 8.06. The molecule has 0 saturated heterocycles. The van der Waals surface area contributed by atoms with Crippen LogP contribution in [0.1, 0.15) is 13.3 Å². The molecule has 5 nitrogen and oxygen atoms in total. The Hall–Kier alpha value is -2.47. The van der Waals surface area contributed by atoms with Crippen molar-refractivity contribution in [3.05, 3.63) is 48.5 Å². The highest BCUT2D eigenvalue weighted by Crippen LogP contribution is 2.32. The van der Waals surface area contributed by atoms with Crippen molar-refractivity contribution in [3.63, 3.8) is 0 Å². The fourth-order valence-corrected chi connectivity index (χ4v) is 3.61. The van der Waals surface area contributed by atoms with Crippen molar-refractivity contribution >= 4 is 35.0 Å². The predicted molar refractivity (Wildman–Crippen MR) is 100 cm³/mol. The molecular formula is C19H20N2O3S. The van der Waals surface area contributed by atoms with E-state index in [1.807, 2.05) is 55.5 Å². The molecular weight excluding hydrogens is 336 g/mol. The zero-order chi connectivity index (χ0) is 17.8. The Morgan fingerprint density at radius 1 is 1.24 bits per heavy atom. The number of thioether (sulfide) groups is 1. The van der Waals surface area contributed by atoms with E-state index in [2.05, 4.69) is 5.32 Å². The van der Waals surface area contributed by atoms with Crippen LogP contribution in [-0.2, 0) is 9.59 Å². The Balaban J connectivity index is 1.76. The summed E-state index contributed by atoms with van der Waals surface area (Å²) in [6, 6.07) is 14.8. The lowest BCUT2D eigenvalue weighted by atomic mass is 10.2. The topological polar surface area (TPSA) is 58.6 Å². The molecule has 1 atom stereocenters. The third-order valence-corrected chi connectivity index (χ3v) is 5.05. The van der Waals surface area contributed by atoms with Gasteiger partial charge < -0.3 is 15.0 Å². The van der Waals surface area contributed by atoms with Crippen molar-refractivity contribution in [2.24, 2.45) is 0 Å². The summed E-state index contributed by atoms with van der Waals surface area (Å²) in [5.74, 6) is 1.00. The van der Waals surface area contributed by atoms with Crippen LogP contribution in [0.25, 0.3) is 0 Å². The molecule has 0 aromatic heterocycles. The maximum atomic E-state index is 12.9. The van der Waals surface area contributed by atoms with Crippen molar-refractivity contribution in [2.45, 2.75) is 24.3 Å². The number of fused-ring (bicyclic) bond motifs is 1. The average molecular weight is 356 g/mol. The number of ether oxygens (including phenoxy) is 1. The van der Waals surface area contributed by atoms with E-state index < -0.39 is 0 Å². The van der Waals surface area contributed by atoms with Gasteiger partial charge in [0.05, 0.1) is 24.2 Å². The molecule has 1 aliphatic rings. The van der Waals surface area contributed by atoms with E-state index in [-0.39, 0.29) is 24.3 Å². The van der Waals surface area contributed by atoms with E-state index >= 15 is 0 Å². The van der Waals surface area contributed by atoms with Crippen LogP contribution in [-0.4, -0.2) is 30.7 Å². The van der Waals surface area contributed by atoms with Gasteiger partial charge in [0.2, 0.25) is 11.8 Å². The van der Waals surface area contributed by atoms with Crippen molar-refractivity contribution in [3.8, 4) is 5.75 Å². The second-order valence-corrected chi connectivity index (χ2v) is 6.90. The summed E-state index contributed by atoms with van der Waals surface area (Å²) in [6.45, 7) is 1.90. The SMILES string of the molecule is COc1ccc(SCC(=O)N2c3ccccc3NC(=O)C[C@@H]2C)cc1. The van der Waals surface area contributed by atoms with E-state index in [1.54, 1.807) is 12.0 Å². The molecule has 0 aliphatic carbocycles. The number of nitrogens with one attached hydrogen (secondary N) is 1. The Morgan fingerprint density at radius 2 is 1.96 bits per heavy atom. The van der Waals surface area contributed by atoms with Crippen LogP contribution in [0.2, 0.25) is 0 Å². The predicted octanol–water partition coefficient (Wildman–Crippen LogP) is 3.55. The summed E-state index contributed by atoms with van der Waals surface area (Å²) in [4.78, 5) is 27.6. The molecule has 2 aromatic rings. The summed E-state index contributed by atoms with van der Waals surface area (Å²) in [5, 5.41) is 2.87. The highest BCUT2D eigenvalue weighted by Gasteiger charge is 2.29. The smallest absolute Gasteiger partial charge is 0.237 e. The zero-order valence-electron chi connectivity index (χ0n) is 14.2. The van der Waals surface area contributed by atoms with Crippen LogP contribution in [0.5, 0.6) is 5.75 Å². The third kappa shape index (κ3) is 3.96. The van der Waals surface area contributed by atoms with Gasteiger partial charge in [-0.3, -0.25) is 9.59 Å². The van der Waals surface area contributed by atoms with Gasteiger partial charge in [0.1, 0.15) is 5.75 Å². The number of benzene rings is 2. The summed E-state index contributed by atoms with van der Waals surface area (Å²) >= 11 is 1.47. The fraction of sp³-hybridized carbons (Fsp3) is 0.263. The van der Waals surface area contributed by atoms with E-state index in [4.69, 9.17) is 4.74 Å². The first-order valence-corrected chi connectivity index (χ1v) is 9.05. The van der Waals surface area contributed by atoms with Gasteiger partial charge in [-0.1, -0.05) is 12.1 Å². The molecule has 1 aliphatic heterocycles. The molecule has 25 heavy (non-hydrogen) atoms. The number of rotatable bonds is 4. The summed E-state index contributed by atoms with van der Waals surface area (Å²) in [6.07, 6.45) is 0.285. The van der Waals surface area contributed by atoms with Gasteiger partial charge in [-0.25, -0.2) is 0 Å². The second-order valence-electron chi connectivity index (χ2n) is 5.85. The van der Waals surface area contributed by atoms with E-state index in [1.165, 1.54) is 11.8 Å². The van der Waals surface area contributed by atoms with Crippen LogP contribution in [0.3, 0.4) is 0 Å². The van der Waals surface area contributed by atoms with Crippen molar-refractivity contribution < 1.29 is 14.3 Å². The number of amides is 2. The van der Waals surface area contributed by atoms with Crippen molar-refractivity contribution in [1.29, 1.82) is 0 Å². The number of anilines is 2. The molecule has 130 valence electrons. The minimum atomic E-state index is -0.187. The number of hydrogen-bond acceptors (Lipinski definition) is 4. The molecule has 0 fully saturated rings. The van der Waals surface area contributed by atoms with E-state index in [9.17, 15) is 9.59 Å². The van der Waals surface area contributed by atoms with E-state index in [0.29, 0.717) is 11.4 Å². The Labute approximate surface area is 151 Å². The molecule has 1 heterocycles. The number of nitrogens with zero attached hydrogens (tertiary/aromatic N) is 1. The molecule has 3 rings (SSSR count). The quantitative estimate of drug-likeness (QED) is 0.851. The molecule has 0 unspecified atom stereocenters. The van der Waals surface area contributed by atoms with E-state index in [0.717, 1.165) is 16.3 Å². The van der Waals surface area contributed by atoms with Gasteiger partial charge in [0.15, 0.2) is 0 Å². The largest absolute Gasteiger partial charge is 0.497 e. The number of methoxy groups -OCH3 is 1. The lowest BCUT2D eigenvalue weighted by Gasteiger charge is -2.27. The van der Waals surface area contributed by atoms with Gasteiger partial charge in [0, 0.05) is 17.4 Å². The van der Waals surface area contributed by atoms with Crippen molar-refractivity contribution in [2.75, 3.05) is 23.1 Å². The first-order chi connectivity index (χ1) is 12.1. The monoisotopic (exact) mass is 356 g/mol. The molecule has 6 heteroatoms. The normalized spacial score (nSPS) is 16.6.